The first-order valence-electron chi connectivity index (χ1n) is 8.08. The molecule has 3 rings (SSSR count). The smallest absolute Gasteiger partial charge is 0.257 e. The highest BCUT2D eigenvalue weighted by Gasteiger charge is 2.16. The van der Waals surface area contributed by atoms with E-state index in [1.54, 1.807) is 12.1 Å². The summed E-state index contributed by atoms with van der Waals surface area (Å²) in [7, 11) is 0. The third kappa shape index (κ3) is 3.97. The number of hydrogen-bond acceptors (Lipinski definition) is 5. The molecule has 1 aromatic heterocycles. The minimum atomic E-state index is -0.208. The molecular formula is C17H20N4O2S. The second-order valence-electron chi connectivity index (χ2n) is 6.33. The van der Waals surface area contributed by atoms with E-state index in [4.69, 9.17) is 0 Å². The molecule has 6 nitrogen and oxygen atoms in total. The highest BCUT2D eigenvalue weighted by atomic mass is 32.1. The zero-order chi connectivity index (χ0) is 17.1. The van der Waals surface area contributed by atoms with Crippen LogP contribution in [0.5, 0.6) is 0 Å². The monoisotopic (exact) mass is 344 g/mol. The van der Waals surface area contributed by atoms with Crippen molar-refractivity contribution in [3.05, 3.63) is 34.3 Å². The number of hydrogen-bond donors (Lipinski definition) is 2. The van der Waals surface area contributed by atoms with Crippen LogP contribution in [0, 0.1) is 5.92 Å². The van der Waals surface area contributed by atoms with Gasteiger partial charge in [-0.05, 0) is 42.5 Å². The summed E-state index contributed by atoms with van der Waals surface area (Å²) in [5.74, 6) is 0.319. The van der Waals surface area contributed by atoms with Gasteiger partial charge in [-0.2, -0.15) is 0 Å². The molecule has 2 amide bonds. The van der Waals surface area contributed by atoms with Crippen LogP contribution in [0.3, 0.4) is 0 Å². The zero-order valence-corrected chi connectivity index (χ0v) is 14.6. The van der Waals surface area contributed by atoms with E-state index in [2.05, 4.69) is 34.7 Å². The quantitative estimate of drug-likeness (QED) is 0.891. The van der Waals surface area contributed by atoms with Gasteiger partial charge < -0.3 is 5.32 Å². The normalized spacial score (nSPS) is 14.0. The molecule has 1 aliphatic rings. The number of rotatable bonds is 4. The van der Waals surface area contributed by atoms with Crippen LogP contribution >= 0.6 is 11.3 Å². The lowest BCUT2D eigenvalue weighted by Crippen LogP contribution is -2.13. The van der Waals surface area contributed by atoms with Crippen LogP contribution in [-0.2, 0) is 17.6 Å². The predicted octanol–water partition coefficient (Wildman–Crippen LogP) is 3.26. The van der Waals surface area contributed by atoms with E-state index in [0.717, 1.165) is 35.5 Å². The lowest BCUT2D eigenvalue weighted by Gasteiger charge is -2.08. The Bertz CT molecular complexity index is 770. The van der Waals surface area contributed by atoms with Gasteiger partial charge in [0, 0.05) is 24.1 Å². The van der Waals surface area contributed by atoms with Crippen LogP contribution < -0.4 is 10.6 Å². The second kappa shape index (κ2) is 7.09. The summed E-state index contributed by atoms with van der Waals surface area (Å²) in [4.78, 5) is 24.0. The first-order valence-corrected chi connectivity index (χ1v) is 8.89. The predicted molar refractivity (Wildman–Crippen MR) is 94.4 cm³/mol. The van der Waals surface area contributed by atoms with Crippen LogP contribution in [0.4, 0.5) is 10.8 Å². The summed E-state index contributed by atoms with van der Waals surface area (Å²) in [6, 6.07) is 5.35. The number of aromatic nitrogens is 2. The summed E-state index contributed by atoms with van der Waals surface area (Å²) in [6.45, 7) is 4.24. The SMILES string of the molecule is CC(C)Cc1nnc(NC(=O)c2ccc3c(c2)CCCC(=O)N3)s1. The van der Waals surface area contributed by atoms with Gasteiger partial charge in [-0.25, -0.2) is 0 Å². The number of anilines is 2. The van der Waals surface area contributed by atoms with E-state index < -0.39 is 0 Å². The van der Waals surface area contributed by atoms with Gasteiger partial charge in [-0.15, -0.1) is 10.2 Å². The molecule has 0 saturated carbocycles. The lowest BCUT2D eigenvalue weighted by atomic mass is 10.0. The lowest BCUT2D eigenvalue weighted by molar-refractivity contribution is -0.116. The van der Waals surface area contributed by atoms with Gasteiger partial charge in [0.05, 0.1) is 0 Å². The number of nitrogens with one attached hydrogen (secondary N) is 2. The molecule has 7 heteroatoms. The number of nitrogens with zero attached hydrogens (tertiary/aromatic N) is 2. The third-order valence-electron chi connectivity index (χ3n) is 3.76. The van der Waals surface area contributed by atoms with Crippen molar-refractivity contribution in [2.75, 3.05) is 10.6 Å². The van der Waals surface area contributed by atoms with Crippen LogP contribution in [0.15, 0.2) is 18.2 Å². The summed E-state index contributed by atoms with van der Waals surface area (Å²) < 4.78 is 0. The molecule has 0 saturated heterocycles. The Hall–Kier alpha value is -2.28. The maximum atomic E-state index is 12.4. The summed E-state index contributed by atoms with van der Waals surface area (Å²) in [5.41, 5.74) is 2.35. The van der Waals surface area contributed by atoms with Crippen molar-refractivity contribution in [1.29, 1.82) is 0 Å². The van der Waals surface area contributed by atoms with Gasteiger partial charge in [0.15, 0.2) is 0 Å². The van der Waals surface area contributed by atoms with Crippen molar-refractivity contribution >= 4 is 34.0 Å². The molecule has 24 heavy (non-hydrogen) atoms. The molecule has 2 heterocycles. The Balaban J connectivity index is 1.72. The molecule has 0 aliphatic carbocycles. The molecule has 2 N–H and O–H groups in total. The highest BCUT2D eigenvalue weighted by molar-refractivity contribution is 7.15. The number of benzene rings is 1. The Morgan fingerprint density at radius 2 is 2.17 bits per heavy atom. The molecule has 0 bridgehead atoms. The van der Waals surface area contributed by atoms with Crippen molar-refractivity contribution in [2.24, 2.45) is 5.92 Å². The van der Waals surface area contributed by atoms with Crippen LogP contribution in [-0.4, -0.2) is 22.0 Å². The molecule has 126 valence electrons. The van der Waals surface area contributed by atoms with Gasteiger partial charge in [0.1, 0.15) is 5.01 Å². The number of carbonyl (C=O) groups excluding carboxylic acids is 2. The Morgan fingerprint density at radius 3 is 2.96 bits per heavy atom. The van der Waals surface area contributed by atoms with Crippen LogP contribution in [0.1, 0.15) is 47.6 Å². The Kier molecular flexibility index (Phi) is 4.89. The summed E-state index contributed by atoms with van der Waals surface area (Å²) in [5, 5.41) is 15.2. The van der Waals surface area contributed by atoms with Gasteiger partial charge >= 0.3 is 0 Å². The van der Waals surface area contributed by atoms with Gasteiger partial charge in [-0.3, -0.25) is 14.9 Å². The van der Waals surface area contributed by atoms with E-state index in [0.29, 0.717) is 23.0 Å². The van der Waals surface area contributed by atoms with Crippen molar-refractivity contribution in [1.82, 2.24) is 10.2 Å². The topological polar surface area (TPSA) is 84.0 Å². The van der Waals surface area contributed by atoms with Gasteiger partial charge in [-0.1, -0.05) is 25.2 Å². The number of fused-ring (bicyclic) bond motifs is 1. The minimum Gasteiger partial charge on any atom is -0.326 e. The Labute approximate surface area is 144 Å². The van der Waals surface area contributed by atoms with E-state index >= 15 is 0 Å². The number of carbonyl (C=O) groups is 2. The van der Waals surface area contributed by atoms with Crippen LogP contribution in [0.25, 0.3) is 0 Å². The fraction of sp³-hybridized carbons (Fsp3) is 0.412. The first kappa shape index (κ1) is 16.6. The molecular weight excluding hydrogens is 324 g/mol. The highest BCUT2D eigenvalue weighted by Crippen LogP contribution is 2.24. The molecule has 0 radical (unpaired) electrons. The molecule has 1 aliphatic heterocycles. The molecule has 0 atom stereocenters. The van der Waals surface area contributed by atoms with Gasteiger partial charge in [0.25, 0.3) is 5.91 Å². The fourth-order valence-corrected chi connectivity index (χ4v) is 3.57. The minimum absolute atomic E-state index is 0.0255. The maximum absolute atomic E-state index is 12.4. The Morgan fingerprint density at radius 1 is 1.33 bits per heavy atom. The van der Waals surface area contributed by atoms with E-state index in [1.807, 2.05) is 6.07 Å². The largest absolute Gasteiger partial charge is 0.326 e. The van der Waals surface area contributed by atoms with Crippen LogP contribution in [0.2, 0.25) is 0 Å². The second-order valence-corrected chi connectivity index (χ2v) is 7.39. The summed E-state index contributed by atoms with van der Waals surface area (Å²) >= 11 is 1.41. The summed E-state index contributed by atoms with van der Waals surface area (Å²) in [6.07, 6.45) is 2.94. The van der Waals surface area contributed by atoms with Crippen molar-refractivity contribution in [3.63, 3.8) is 0 Å². The molecule has 0 fully saturated rings. The average molecular weight is 344 g/mol. The molecule has 1 aromatic carbocycles. The third-order valence-corrected chi connectivity index (χ3v) is 4.62. The van der Waals surface area contributed by atoms with Gasteiger partial charge in [0.2, 0.25) is 11.0 Å². The van der Waals surface area contributed by atoms with Crippen molar-refractivity contribution in [3.8, 4) is 0 Å². The fourth-order valence-electron chi connectivity index (χ4n) is 2.62. The molecule has 0 unspecified atom stereocenters. The number of amides is 2. The first-order chi connectivity index (χ1) is 11.5. The maximum Gasteiger partial charge on any atom is 0.257 e. The van der Waals surface area contributed by atoms with E-state index in [-0.39, 0.29) is 11.8 Å². The standard InChI is InChI=1S/C17H20N4O2S/c1-10(2)8-15-20-21-17(24-15)19-16(23)12-6-7-13-11(9-12)4-3-5-14(22)18-13/h6-7,9-10H,3-5,8H2,1-2H3,(H,18,22)(H,19,21,23). The van der Waals surface area contributed by atoms with E-state index in [1.165, 1.54) is 11.3 Å². The molecule has 2 aromatic rings. The molecule has 0 spiro atoms. The van der Waals surface area contributed by atoms with Crippen molar-refractivity contribution < 1.29 is 9.59 Å². The van der Waals surface area contributed by atoms with E-state index in [9.17, 15) is 9.59 Å². The average Bonchev–Trinajstić information content (AvgIpc) is 2.85. The number of aryl methyl sites for hydroxylation is 1. The van der Waals surface area contributed by atoms with Crippen molar-refractivity contribution in [2.45, 2.75) is 39.5 Å². The zero-order valence-electron chi connectivity index (χ0n) is 13.8.